The number of nitrogens with zero attached hydrogens (tertiary/aromatic N) is 4. The zero-order valence-corrected chi connectivity index (χ0v) is 21.9. The molecule has 2 aromatic carbocycles. The van der Waals surface area contributed by atoms with Crippen LogP contribution in [-0.4, -0.2) is 59.8 Å². The smallest absolute Gasteiger partial charge is 0.183 e. The second-order valence-corrected chi connectivity index (χ2v) is 10.5. The van der Waals surface area contributed by atoms with Gasteiger partial charge in [-0.15, -0.1) is 0 Å². The molecule has 190 valence electrons. The van der Waals surface area contributed by atoms with E-state index in [2.05, 4.69) is 64.9 Å². The number of rotatable bonds is 10. The summed E-state index contributed by atoms with van der Waals surface area (Å²) in [6.07, 6.45) is 1.22. The normalized spacial score (nSPS) is 14.6. The topological polar surface area (TPSA) is 88.5 Å². The van der Waals surface area contributed by atoms with Crippen LogP contribution in [0, 0.1) is 5.41 Å². The molecule has 2 heterocycles. The fraction of sp³-hybridized carbons (Fsp3) is 0.414. The largest absolute Gasteiger partial charge is 0.384 e. The molecule has 1 aliphatic rings. The number of carbonyl (C=O) groups excluding carboxylic acids is 1. The number of Topliss-reactive ketones (excluding diaryl/α,β-unsaturated/α-hetero) is 1. The van der Waals surface area contributed by atoms with Crippen molar-refractivity contribution in [2.75, 3.05) is 33.7 Å². The van der Waals surface area contributed by atoms with E-state index in [9.17, 15) is 4.79 Å². The van der Waals surface area contributed by atoms with Crippen molar-refractivity contribution in [1.82, 2.24) is 19.8 Å². The summed E-state index contributed by atoms with van der Waals surface area (Å²) in [6, 6.07) is 18.4. The van der Waals surface area contributed by atoms with Gasteiger partial charge in [-0.05, 0) is 31.5 Å². The van der Waals surface area contributed by atoms with Crippen molar-refractivity contribution in [3.8, 4) is 11.4 Å². The summed E-state index contributed by atoms with van der Waals surface area (Å²) >= 11 is 0. The summed E-state index contributed by atoms with van der Waals surface area (Å²) in [5.41, 5.74) is 10.7. The van der Waals surface area contributed by atoms with Crippen LogP contribution in [0.5, 0.6) is 0 Å². The molecule has 0 fully saturated rings. The van der Waals surface area contributed by atoms with E-state index >= 15 is 0 Å². The molecule has 7 nitrogen and oxygen atoms in total. The van der Waals surface area contributed by atoms with Crippen molar-refractivity contribution in [3.63, 3.8) is 0 Å². The highest BCUT2D eigenvalue weighted by molar-refractivity contribution is 5.97. The van der Waals surface area contributed by atoms with Gasteiger partial charge >= 0.3 is 0 Å². The maximum absolute atomic E-state index is 13.6. The lowest BCUT2D eigenvalue weighted by molar-refractivity contribution is 0.0923. The average molecular weight is 487 g/mol. The van der Waals surface area contributed by atoms with Gasteiger partial charge in [0.05, 0.1) is 12.2 Å². The molecule has 36 heavy (non-hydrogen) atoms. The lowest BCUT2D eigenvalue weighted by Crippen LogP contribution is -2.31. The van der Waals surface area contributed by atoms with Crippen molar-refractivity contribution in [2.24, 2.45) is 16.1 Å². The molecule has 0 unspecified atom stereocenters. The Morgan fingerprint density at radius 3 is 2.53 bits per heavy atom. The van der Waals surface area contributed by atoms with Crippen LogP contribution in [0.2, 0.25) is 0 Å². The molecular formula is C29H38N6O. The third-order valence-electron chi connectivity index (χ3n) is 6.71. The van der Waals surface area contributed by atoms with Crippen LogP contribution in [0.1, 0.15) is 47.6 Å². The standard InChI is InChI=1S/C29H38N6O/c1-29(2,18-21-10-12-22(13-11-21)27(30)32-15-14-31-3)19-25(36)26-24-20-34(4)16-17-35(24)28(33-26)23-8-6-5-7-9-23/h5-13,31H,14-20H2,1-4H3,(H2,30,32). The van der Waals surface area contributed by atoms with Gasteiger partial charge < -0.3 is 15.6 Å². The quantitative estimate of drug-likeness (QED) is 0.197. The van der Waals surface area contributed by atoms with Crippen LogP contribution in [0.3, 0.4) is 0 Å². The zero-order valence-electron chi connectivity index (χ0n) is 21.9. The monoisotopic (exact) mass is 486 g/mol. The molecule has 0 saturated carbocycles. The lowest BCUT2D eigenvalue weighted by Gasteiger charge is -2.27. The summed E-state index contributed by atoms with van der Waals surface area (Å²) in [5.74, 6) is 1.55. The summed E-state index contributed by atoms with van der Waals surface area (Å²) in [7, 11) is 3.99. The Labute approximate surface area is 214 Å². The number of likely N-dealkylation sites (N-methyl/N-ethyl adjacent to an activating group) is 2. The Hall–Kier alpha value is -3.29. The molecule has 0 bridgehead atoms. The second-order valence-electron chi connectivity index (χ2n) is 10.5. The molecular weight excluding hydrogens is 448 g/mol. The van der Waals surface area contributed by atoms with Gasteiger partial charge in [-0.1, -0.05) is 68.4 Å². The summed E-state index contributed by atoms with van der Waals surface area (Å²) in [5, 5.41) is 3.07. The predicted octanol–water partition coefficient (Wildman–Crippen LogP) is 3.76. The molecule has 0 aliphatic carbocycles. The molecule has 0 amide bonds. The third-order valence-corrected chi connectivity index (χ3v) is 6.71. The van der Waals surface area contributed by atoms with E-state index in [4.69, 9.17) is 10.7 Å². The molecule has 3 aromatic rings. The van der Waals surface area contributed by atoms with Gasteiger partial charge in [0.1, 0.15) is 17.4 Å². The van der Waals surface area contributed by atoms with E-state index in [0.29, 0.717) is 24.5 Å². The van der Waals surface area contributed by atoms with Crippen LogP contribution in [-0.2, 0) is 19.5 Å². The molecule has 0 atom stereocenters. The number of aromatic nitrogens is 2. The molecule has 3 N–H and O–H groups in total. The predicted molar refractivity (Wildman–Crippen MR) is 146 cm³/mol. The first-order valence-corrected chi connectivity index (χ1v) is 12.7. The van der Waals surface area contributed by atoms with Gasteiger partial charge in [0.2, 0.25) is 0 Å². The van der Waals surface area contributed by atoms with E-state index in [1.807, 2.05) is 37.4 Å². The lowest BCUT2D eigenvalue weighted by atomic mass is 9.80. The Morgan fingerprint density at radius 2 is 1.83 bits per heavy atom. The summed E-state index contributed by atoms with van der Waals surface area (Å²) in [4.78, 5) is 25.2. The number of nitrogens with one attached hydrogen (secondary N) is 1. The maximum Gasteiger partial charge on any atom is 0.183 e. The molecule has 1 aliphatic heterocycles. The van der Waals surface area contributed by atoms with E-state index in [0.717, 1.165) is 55.2 Å². The van der Waals surface area contributed by atoms with Gasteiger partial charge in [-0.25, -0.2) is 4.98 Å². The number of hydrogen-bond donors (Lipinski definition) is 2. The first-order chi connectivity index (χ1) is 17.3. The van der Waals surface area contributed by atoms with Crippen molar-refractivity contribution >= 4 is 11.6 Å². The van der Waals surface area contributed by atoms with E-state index in [1.54, 1.807) is 0 Å². The third kappa shape index (κ3) is 6.09. The number of hydrogen-bond acceptors (Lipinski definition) is 5. The maximum atomic E-state index is 13.6. The number of ketones is 1. The highest BCUT2D eigenvalue weighted by Gasteiger charge is 2.30. The van der Waals surface area contributed by atoms with E-state index in [-0.39, 0.29) is 11.2 Å². The fourth-order valence-electron chi connectivity index (χ4n) is 4.83. The van der Waals surface area contributed by atoms with Gasteiger partial charge in [0, 0.05) is 43.7 Å². The minimum absolute atomic E-state index is 0.110. The molecule has 4 rings (SSSR count). The van der Waals surface area contributed by atoms with Crippen LogP contribution in [0.15, 0.2) is 59.6 Å². The Bertz CT molecular complexity index is 1210. The van der Waals surface area contributed by atoms with Crippen LogP contribution < -0.4 is 11.1 Å². The van der Waals surface area contributed by atoms with Crippen LogP contribution in [0.4, 0.5) is 0 Å². The number of fused-ring (bicyclic) bond motifs is 1. The first kappa shape index (κ1) is 25.8. The van der Waals surface area contributed by atoms with Crippen molar-refractivity contribution < 1.29 is 4.79 Å². The first-order valence-electron chi connectivity index (χ1n) is 12.7. The minimum Gasteiger partial charge on any atom is -0.384 e. The minimum atomic E-state index is -0.213. The number of imidazole rings is 1. The van der Waals surface area contributed by atoms with Gasteiger partial charge in [0.25, 0.3) is 0 Å². The molecule has 0 saturated heterocycles. The van der Waals surface area contributed by atoms with Gasteiger partial charge in [-0.3, -0.25) is 14.7 Å². The molecule has 0 radical (unpaired) electrons. The highest BCUT2D eigenvalue weighted by Crippen LogP contribution is 2.31. The van der Waals surface area contributed by atoms with E-state index in [1.165, 1.54) is 5.56 Å². The number of carbonyl (C=O) groups is 1. The van der Waals surface area contributed by atoms with Crippen LogP contribution in [0.25, 0.3) is 11.4 Å². The number of nitrogens with two attached hydrogens (primary N) is 1. The summed E-state index contributed by atoms with van der Waals surface area (Å²) < 4.78 is 2.23. The molecule has 1 aromatic heterocycles. The van der Waals surface area contributed by atoms with Gasteiger partial charge in [0.15, 0.2) is 5.78 Å². The van der Waals surface area contributed by atoms with Crippen molar-refractivity contribution in [2.45, 2.75) is 39.8 Å². The number of benzene rings is 2. The summed E-state index contributed by atoms with van der Waals surface area (Å²) in [6.45, 7) is 8.28. The number of amidine groups is 1. The zero-order chi connectivity index (χ0) is 25.7. The van der Waals surface area contributed by atoms with Crippen molar-refractivity contribution in [1.29, 1.82) is 0 Å². The van der Waals surface area contributed by atoms with E-state index < -0.39 is 0 Å². The average Bonchev–Trinajstić information content (AvgIpc) is 3.23. The Morgan fingerprint density at radius 1 is 1.11 bits per heavy atom. The Kier molecular flexibility index (Phi) is 8.01. The molecule has 0 spiro atoms. The van der Waals surface area contributed by atoms with Crippen LogP contribution >= 0.6 is 0 Å². The fourth-order valence-corrected chi connectivity index (χ4v) is 4.83. The van der Waals surface area contributed by atoms with Gasteiger partial charge in [-0.2, -0.15) is 0 Å². The number of aliphatic imine (C=N–C) groups is 1. The SMILES string of the molecule is CNCCN=C(N)c1ccc(CC(C)(C)CC(=O)c2nc(-c3ccccc3)n3c2CN(C)CC3)cc1. The second kappa shape index (κ2) is 11.2. The highest BCUT2D eigenvalue weighted by atomic mass is 16.1. The van der Waals surface area contributed by atoms with Crippen molar-refractivity contribution in [3.05, 3.63) is 77.1 Å². The Balaban J connectivity index is 1.50. The molecule has 7 heteroatoms.